The molecule has 22 heteroatoms. The van der Waals surface area contributed by atoms with Crippen LogP contribution in [0.3, 0.4) is 0 Å². The maximum absolute atomic E-state index is 15.0. The first-order valence-electron chi connectivity index (χ1n) is 21.6. The molecule has 4 aromatic carbocycles. The SMILES string of the molecule is COc1cccc(N(Cc2ccc(-c3nnc(C(F)(F)F)o3)cc2F)C(=O)N2CCCCC2)c1.COc1cccc(N(Cc2ccc(C(=O)CNC(=O)C(F)(F)F)cc2F)C(=O)N2CCCCC2)c1. The van der Waals surface area contributed by atoms with Gasteiger partial charge in [-0.1, -0.05) is 30.3 Å². The number of ether oxygens (including phenoxy) is 2. The third kappa shape index (κ3) is 13.5. The minimum atomic E-state index is -5.13. The summed E-state index contributed by atoms with van der Waals surface area (Å²) in [5.74, 6) is -5.57. The average Bonchev–Trinajstić information content (AvgIpc) is 3.87. The van der Waals surface area contributed by atoms with Crippen LogP contribution in [0.4, 0.5) is 56.1 Å². The summed E-state index contributed by atoms with van der Waals surface area (Å²) in [6.07, 6.45) is -4.33. The van der Waals surface area contributed by atoms with Gasteiger partial charge in [0.2, 0.25) is 5.89 Å². The molecule has 1 N–H and O–H groups in total. The molecule has 0 bridgehead atoms. The third-order valence-corrected chi connectivity index (χ3v) is 11.1. The first-order valence-corrected chi connectivity index (χ1v) is 21.6. The predicted octanol–water partition coefficient (Wildman–Crippen LogP) is 9.82. The van der Waals surface area contributed by atoms with Gasteiger partial charge in [0.05, 0.1) is 33.9 Å². The van der Waals surface area contributed by atoms with E-state index in [0.717, 1.165) is 50.7 Å². The fourth-order valence-electron chi connectivity index (χ4n) is 7.42. The van der Waals surface area contributed by atoms with Crippen molar-refractivity contribution in [3.63, 3.8) is 0 Å². The maximum Gasteiger partial charge on any atom is 0.471 e. The molecule has 2 saturated heterocycles. The van der Waals surface area contributed by atoms with E-state index in [1.807, 2.05) is 0 Å². The summed E-state index contributed by atoms with van der Waals surface area (Å²) in [6, 6.07) is 20.3. The molecule has 0 aliphatic carbocycles. The molecule has 2 aliphatic heterocycles. The fourth-order valence-corrected chi connectivity index (χ4v) is 7.42. The molecule has 5 aromatic rings. The number of alkyl halides is 6. The Bertz CT molecular complexity index is 2600. The van der Waals surface area contributed by atoms with Crippen molar-refractivity contribution in [1.29, 1.82) is 0 Å². The zero-order valence-corrected chi connectivity index (χ0v) is 37.3. The highest BCUT2D eigenvalue weighted by Gasteiger charge is 2.39. The van der Waals surface area contributed by atoms with Crippen molar-refractivity contribution in [1.82, 2.24) is 25.3 Å². The van der Waals surface area contributed by atoms with Crippen molar-refractivity contribution < 1.29 is 68.2 Å². The molecule has 0 saturated carbocycles. The van der Waals surface area contributed by atoms with Crippen LogP contribution in [0.5, 0.6) is 11.5 Å². The van der Waals surface area contributed by atoms with Crippen molar-refractivity contribution in [2.24, 2.45) is 0 Å². The molecule has 2 fully saturated rings. The smallest absolute Gasteiger partial charge is 0.471 e. The largest absolute Gasteiger partial charge is 0.497 e. The Morgan fingerprint density at radius 2 is 1.14 bits per heavy atom. The maximum atomic E-state index is 15.0. The number of ketones is 1. The van der Waals surface area contributed by atoms with Crippen LogP contribution in [0.1, 0.15) is 65.9 Å². The molecular formula is C47H47F8N7O7. The lowest BCUT2D eigenvalue weighted by Crippen LogP contribution is -2.45. The molecule has 0 unspecified atom stereocenters. The zero-order chi connectivity index (χ0) is 49.9. The number of rotatable bonds is 12. The number of urea groups is 2. The predicted molar refractivity (Wildman–Crippen MR) is 234 cm³/mol. The second kappa shape index (κ2) is 22.7. The summed E-state index contributed by atoms with van der Waals surface area (Å²) in [5.41, 5.74) is 1.10. The van der Waals surface area contributed by atoms with Crippen LogP contribution in [0.25, 0.3) is 11.5 Å². The lowest BCUT2D eigenvalue weighted by atomic mass is 10.1. The number of amides is 5. The minimum Gasteiger partial charge on any atom is -0.497 e. The van der Waals surface area contributed by atoms with E-state index in [0.29, 0.717) is 49.1 Å². The lowest BCUT2D eigenvalue weighted by Gasteiger charge is -2.33. The van der Waals surface area contributed by atoms with Crippen LogP contribution in [-0.2, 0) is 24.1 Å². The molecule has 3 heterocycles. The number of anilines is 2. The van der Waals surface area contributed by atoms with Crippen LogP contribution in [0.15, 0.2) is 89.3 Å². The van der Waals surface area contributed by atoms with E-state index in [1.54, 1.807) is 58.3 Å². The molecule has 0 spiro atoms. The molecule has 0 radical (unpaired) electrons. The molecule has 7 rings (SSSR count). The number of carbonyl (C=O) groups excluding carboxylic acids is 4. The van der Waals surface area contributed by atoms with E-state index in [1.165, 1.54) is 53.6 Å². The normalized spacial score (nSPS) is 14.0. The number of halogens is 8. The number of likely N-dealkylation sites (tertiary alicyclic amines) is 2. The Hall–Kier alpha value is -7.26. The first-order chi connectivity index (χ1) is 32.9. The quantitative estimate of drug-likeness (QED) is 0.0952. The van der Waals surface area contributed by atoms with Crippen LogP contribution in [-0.4, -0.2) is 96.9 Å². The summed E-state index contributed by atoms with van der Waals surface area (Å²) in [7, 11) is 3.00. The molecule has 368 valence electrons. The lowest BCUT2D eigenvalue weighted by molar-refractivity contribution is -0.173. The number of nitrogens with zero attached hydrogens (tertiary/aromatic N) is 6. The van der Waals surface area contributed by atoms with E-state index in [2.05, 4.69) is 14.6 Å². The van der Waals surface area contributed by atoms with Gasteiger partial charge in [0.15, 0.2) is 5.78 Å². The number of hydrogen-bond acceptors (Lipinski definition) is 9. The van der Waals surface area contributed by atoms with E-state index in [-0.39, 0.29) is 47.4 Å². The number of piperidine rings is 2. The van der Waals surface area contributed by atoms with E-state index in [9.17, 15) is 49.9 Å². The summed E-state index contributed by atoms with van der Waals surface area (Å²) >= 11 is 0. The number of nitrogens with one attached hydrogen (secondary N) is 1. The Labute approximate surface area is 390 Å². The van der Waals surface area contributed by atoms with Crippen LogP contribution in [0.2, 0.25) is 0 Å². The standard InChI is InChI=1S/C24H25F4N3O4.C23H22F4N4O3/c1-35-19-7-5-6-18(13-19)31(23(34)30-10-3-2-4-11-30)15-17-9-8-16(12-20(17)25)21(32)14-29-22(33)24(26,27)28;1-33-18-7-5-6-17(13-18)31(22(32)30-10-3-2-4-11-30)14-16-9-8-15(12-19(16)24)20-28-29-21(34-20)23(25,26)27/h5-9,12-13H,2-4,10-11,14-15H2,1H3,(H,29,33);5-9,12-13H,2-4,10-11,14H2,1H3. The van der Waals surface area contributed by atoms with Gasteiger partial charge < -0.3 is 29.0 Å². The first kappa shape index (κ1) is 51.1. The van der Waals surface area contributed by atoms with Crippen molar-refractivity contribution in [3.8, 4) is 23.0 Å². The van der Waals surface area contributed by atoms with Gasteiger partial charge >= 0.3 is 36.2 Å². The van der Waals surface area contributed by atoms with Crippen molar-refractivity contribution in [2.45, 2.75) is 64.0 Å². The number of aromatic nitrogens is 2. The molecular weight excluding hydrogens is 927 g/mol. The van der Waals surface area contributed by atoms with E-state index in [4.69, 9.17) is 9.47 Å². The summed E-state index contributed by atoms with van der Waals surface area (Å²) < 4.78 is 120. The molecule has 2 aliphatic rings. The van der Waals surface area contributed by atoms with Gasteiger partial charge in [-0.25, -0.2) is 18.4 Å². The number of benzene rings is 4. The zero-order valence-electron chi connectivity index (χ0n) is 37.3. The average molecular weight is 974 g/mol. The Kier molecular flexibility index (Phi) is 16.8. The molecule has 14 nitrogen and oxygen atoms in total. The summed E-state index contributed by atoms with van der Waals surface area (Å²) in [4.78, 5) is 56.0. The second-order valence-corrected chi connectivity index (χ2v) is 15.9. The highest BCUT2D eigenvalue weighted by Crippen LogP contribution is 2.32. The van der Waals surface area contributed by atoms with Gasteiger partial charge in [-0.3, -0.25) is 19.4 Å². The van der Waals surface area contributed by atoms with Gasteiger partial charge in [0.25, 0.3) is 0 Å². The number of Topliss-reactive ketones (excluding diaryl/α,β-unsaturated/α-hetero) is 1. The monoisotopic (exact) mass is 973 g/mol. The van der Waals surface area contributed by atoms with Gasteiger partial charge in [0.1, 0.15) is 23.1 Å². The summed E-state index contributed by atoms with van der Waals surface area (Å²) in [5, 5.41) is 7.78. The Balaban J connectivity index is 0.000000227. The highest BCUT2D eigenvalue weighted by molar-refractivity contribution is 6.00. The third-order valence-electron chi connectivity index (χ3n) is 11.1. The van der Waals surface area contributed by atoms with Crippen LogP contribution >= 0.6 is 0 Å². The molecule has 69 heavy (non-hydrogen) atoms. The van der Waals surface area contributed by atoms with Crippen molar-refractivity contribution in [3.05, 3.63) is 119 Å². The highest BCUT2D eigenvalue weighted by atomic mass is 19.4. The number of carbonyl (C=O) groups is 4. The molecule has 1 aromatic heterocycles. The number of hydrogen-bond donors (Lipinski definition) is 1. The molecule has 0 atom stereocenters. The van der Waals surface area contributed by atoms with Crippen LogP contribution < -0.4 is 24.6 Å². The van der Waals surface area contributed by atoms with E-state index < -0.39 is 54.0 Å². The van der Waals surface area contributed by atoms with Gasteiger partial charge in [0, 0.05) is 71.9 Å². The number of methoxy groups -OCH3 is 2. The summed E-state index contributed by atoms with van der Waals surface area (Å²) in [6.45, 7) is 1.22. The van der Waals surface area contributed by atoms with Crippen LogP contribution in [0, 0.1) is 11.6 Å². The Morgan fingerprint density at radius 3 is 1.58 bits per heavy atom. The van der Waals surface area contributed by atoms with Crippen molar-refractivity contribution in [2.75, 3.05) is 56.7 Å². The van der Waals surface area contributed by atoms with Gasteiger partial charge in [-0.05, 0) is 81.0 Å². The van der Waals surface area contributed by atoms with Gasteiger partial charge in [-0.2, -0.15) is 26.3 Å². The Morgan fingerprint density at radius 1 is 0.652 bits per heavy atom. The van der Waals surface area contributed by atoms with Crippen molar-refractivity contribution >= 4 is 35.1 Å². The molecule has 5 amide bonds. The minimum absolute atomic E-state index is 0.000428. The van der Waals surface area contributed by atoms with E-state index >= 15 is 4.39 Å². The topological polar surface area (TPSA) is 151 Å². The second-order valence-electron chi connectivity index (χ2n) is 15.9. The fraction of sp³-hybridized carbons (Fsp3) is 0.362. The van der Waals surface area contributed by atoms with Gasteiger partial charge in [-0.15, -0.1) is 10.2 Å².